The molecule has 3 aromatic carbocycles. The average Bonchev–Trinajstić information content (AvgIpc) is 3.13. The summed E-state index contributed by atoms with van der Waals surface area (Å²) in [5.74, 6) is -3.13. The van der Waals surface area contributed by atoms with Crippen LogP contribution >= 0.6 is 0 Å². The molecule has 4 aromatic rings. The number of nitrogens with one attached hydrogen (secondary N) is 4. The normalized spacial score (nSPS) is 13.4. The maximum atomic E-state index is 13.8. The third-order valence-corrected chi connectivity index (χ3v) is 8.25. The molecular formula is C38H45N7O7. The molecular weight excluding hydrogens is 666 g/mol. The maximum absolute atomic E-state index is 13.8. The SMILES string of the molecule is COC(=O)N[C@H](C(=O)NN(Cc1ccccc1)CC(O)C(Cc1ccccc1)NC(=O)[C@H](CC(N)=O)NC(=O)c1ccc2ccccc2n1)C(C)C. The molecule has 0 bridgehead atoms. The molecule has 1 heterocycles. The lowest BCUT2D eigenvalue weighted by Gasteiger charge is -2.32. The number of primary amides is 1. The quantitative estimate of drug-likeness (QED) is 0.0888. The summed E-state index contributed by atoms with van der Waals surface area (Å²) in [6.45, 7) is 3.52. The zero-order chi connectivity index (χ0) is 37.6. The Bertz CT molecular complexity index is 1820. The molecule has 52 heavy (non-hydrogen) atoms. The fourth-order valence-corrected chi connectivity index (χ4v) is 5.52. The van der Waals surface area contributed by atoms with Gasteiger partial charge in [0.05, 0.1) is 31.2 Å². The number of aliphatic hydroxyl groups is 1. The lowest BCUT2D eigenvalue weighted by molar-refractivity contribution is -0.131. The number of carbonyl (C=O) groups excluding carboxylic acids is 5. The van der Waals surface area contributed by atoms with Crippen molar-refractivity contribution in [1.82, 2.24) is 31.4 Å². The summed E-state index contributed by atoms with van der Waals surface area (Å²) < 4.78 is 4.70. The van der Waals surface area contributed by atoms with Crippen LogP contribution in [0, 0.1) is 5.92 Å². The number of nitrogens with zero attached hydrogens (tertiary/aromatic N) is 2. The van der Waals surface area contributed by atoms with E-state index in [-0.39, 0.29) is 31.1 Å². The Balaban J connectivity index is 1.58. The van der Waals surface area contributed by atoms with E-state index >= 15 is 0 Å². The molecule has 0 fully saturated rings. The van der Waals surface area contributed by atoms with Crippen LogP contribution < -0.4 is 27.1 Å². The Labute approximate surface area is 302 Å². The van der Waals surface area contributed by atoms with Gasteiger partial charge in [-0.05, 0) is 35.6 Å². The van der Waals surface area contributed by atoms with Crippen LogP contribution in [0.4, 0.5) is 4.79 Å². The summed E-state index contributed by atoms with van der Waals surface area (Å²) in [4.78, 5) is 69.0. The monoisotopic (exact) mass is 711 g/mol. The number of hydrogen-bond donors (Lipinski definition) is 6. The molecule has 0 aliphatic rings. The number of carbonyl (C=O) groups is 5. The highest BCUT2D eigenvalue weighted by molar-refractivity contribution is 5.99. The van der Waals surface area contributed by atoms with Gasteiger partial charge >= 0.3 is 6.09 Å². The van der Waals surface area contributed by atoms with Crippen molar-refractivity contribution in [3.63, 3.8) is 0 Å². The number of aliphatic hydroxyl groups excluding tert-OH is 1. The molecule has 4 atom stereocenters. The minimum atomic E-state index is -1.39. The number of alkyl carbamates (subject to hydrolysis) is 1. The summed E-state index contributed by atoms with van der Waals surface area (Å²) >= 11 is 0. The largest absolute Gasteiger partial charge is 0.453 e. The number of amides is 5. The van der Waals surface area contributed by atoms with Gasteiger partial charge in [-0.1, -0.05) is 98.8 Å². The number of hydrogen-bond acceptors (Lipinski definition) is 9. The molecule has 274 valence electrons. The van der Waals surface area contributed by atoms with Crippen molar-refractivity contribution in [2.45, 2.75) is 57.5 Å². The molecule has 4 rings (SSSR count). The van der Waals surface area contributed by atoms with E-state index in [0.717, 1.165) is 16.5 Å². The number of pyridine rings is 1. The van der Waals surface area contributed by atoms with Crippen molar-refractivity contribution in [2.24, 2.45) is 11.7 Å². The van der Waals surface area contributed by atoms with Gasteiger partial charge in [0.15, 0.2) is 0 Å². The molecule has 0 spiro atoms. The number of benzene rings is 3. The van der Waals surface area contributed by atoms with Crippen LogP contribution in [0.3, 0.4) is 0 Å². The zero-order valence-corrected chi connectivity index (χ0v) is 29.3. The van der Waals surface area contributed by atoms with Gasteiger partial charge < -0.3 is 31.5 Å². The van der Waals surface area contributed by atoms with Crippen LogP contribution in [0.5, 0.6) is 0 Å². The first kappa shape index (κ1) is 38.9. The van der Waals surface area contributed by atoms with Crippen molar-refractivity contribution in [3.05, 3.63) is 114 Å². The van der Waals surface area contributed by atoms with Gasteiger partial charge in [-0.2, -0.15) is 0 Å². The number of hydrazine groups is 1. The van der Waals surface area contributed by atoms with Gasteiger partial charge in [-0.25, -0.2) is 14.8 Å². The van der Waals surface area contributed by atoms with E-state index in [1.165, 1.54) is 18.2 Å². The molecule has 5 amide bonds. The molecule has 7 N–H and O–H groups in total. The van der Waals surface area contributed by atoms with Crippen molar-refractivity contribution in [2.75, 3.05) is 13.7 Å². The Morgan fingerprint density at radius 1 is 0.808 bits per heavy atom. The summed E-state index contributed by atoms with van der Waals surface area (Å²) in [5.41, 5.74) is 10.5. The first-order chi connectivity index (χ1) is 24.9. The molecule has 0 aliphatic carbocycles. The van der Waals surface area contributed by atoms with E-state index in [4.69, 9.17) is 10.5 Å². The van der Waals surface area contributed by atoms with Crippen molar-refractivity contribution in [1.29, 1.82) is 0 Å². The zero-order valence-electron chi connectivity index (χ0n) is 29.3. The second-order valence-electron chi connectivity index (χ2n) is 12.7. The topological polar surface area (TPSA) is 205 Å². The van der Waals surface area contributed by atoms with Crippen molar-refractivity contribution < 1.29 is 33.8 Å². The van der Waals surface area contributed by atoms with E-state index < -0.39 is 60.4 Å². The minimum Gasteiger partial charge on any atom is -0.453 e. The molecule has 0 saturated carbocycles. The highest BCUT2D eigenvalue weighted by Crippen LogP contribution is 2.14. The number of methoxy groups -OCH3 is 1. The lowest BCUT2D eigenvalue weighted by atomic mass is 9.99. The van der Waals surface area contributed by atoms with Gasteiger partial charge in [0, 0.05) is 18.5 Å². The maximum Gasteiger partial charge on any atom is 0.407 e. The number of fused-ring (bicyclic) bond motifs is 1. The second kappa shape index (κ2) is 18.9. The van der Waals surface area contributed by atoms with Crippen LogP contribution in [0.15, 0.2) is 97.1 Å². The van der Waals surface area contributed by atoms with Crippen LogP contribution in [-0.4, -0.2) is 82.7 Å². The van der Waals surface area contributed by atoms with E-state index in [2.05, 4.69) is 26.4 Å². The minimum absolute atomic E-state index is 0.0375. The van der Waals surface area contributed by atoms with Gasteiger partial charge in [-0.15, -0.1) is 0 Å². The summed E-state index contributed by atoms with van der Waals surface area (Å²) in [5, 5.41) is 22.0. The van der Waals surface area contributed by atoms with Crippen molar-refractivity contribution >= 4 is 40.6 Å². The van der Waals surface area contributed by atoms with E-state index in [1.54, 1.807) is 32.0 Å². The van der Waals surface area contributed by atoms with Gasteiger partial charge in [0.25, 0.3) is 11.8 Å². The molecule has 1 aromatic heterocycles. The predicted octanol–water partition coefficient (Wildman–Crippen LogP) is 2.21. The average molecular weight is 712 g/mol. The highest BCUT2D eigenvalue weighted by atomic mass is 16.5. The molecule has 14 nitrogen and oxygen atoms in total. The van der Waals surface area contributed by atoms with E-state index in [9.17, 15) is 29.1 Å². The smallest absolute Gasteiger partial charge is 0.407 e. The summed E-state index contributed by atoms with van der Waals surface area (Å²) in [6.07, 6.45) is -2.43. The predicted molar refractivity (Wildman–Crippen MR) is 194 cm³/mol. The Kier molecular flexibility index (Phi) is 14.2. The molecule has 14 heteroatoms. The molecule has 0 saturated heterocycles. The second-order valence-corrected chi connectivity index (χ2v) is 12.7. The fourth-order valence-electron chi connectivity index (χ4n) is 5.52. The number of ether oxygens (including phenoxy) is 1. The fraction of sp³-hybridized carbons (Fsp3) is 0.316. The number of rotatable bonds is 17. The van der Waals surface area contributed by atoms with Crippen LogP contribution in [0.25, 0.3) is 10.9 Å². The Morgan fingerprint density at radius 2 is 1.44 bits per heavy atom. The first-order valence-corrected chi connectivity index (χ1v) is 16.8. The number of aromatic nitrogens is 1. The molecule has 0 radical (unpaired) electrons. The van der Waals surface area contributed by atoms with E-state index in [1.807, 2.05) is 72.8 Å². The lowest BCUT2D eigenvalue weighted by Crippen LogP contribution is -2.59. The standard InChI is InChI=1S/C38H45N7O7/c1-24(2)34(43-38(51)52-3)37(50)44-45(22-26-14-8-5-9-15-26)23-32(46)30(20-25-12-6-4-7-13-25)41-36(49)31(21-33(39)47)42-35(48)29-19-18-27-16-10-11-17-28(27)40-29/h4-19,24,30-32,34,46H,20-23H2,1-3H3,(H2,39,47)(H,41,49)(H,42,48)(H,43,51)(H,44,50)/t30?,31-,32?,34-/m0/s1. The molecule has 2 unspecified atom stereocenters. The van der Waals surface area contributed by atoms with E-state index in [0.29, 0.717) is 5.52 Å². The Hall–Kier alpha value is -5.86. The summed E-state index contributed by atoms with van der Waals surface area (Å²) in [7, 11) is 1.20. The summed E-state index contributed by atoms with van der Waals surface area (Å²) in [6, 6.07) is 25.5. The third kappa shape index (κ3) is 11.6. The first-order valence-electron chi connectivity index (χ1n) is 16.8. The highest BCUT2D eigenvalue weighted by Gasteiger charge is 2.32. The number of nitrogens with two attached hydrogens (primary N) is 1. The third-order valence-electron chi connectivity index (χ3n) is 8.25. The van der Waals surface area contributed by atoms with Crippen LogP contribution in [0.2, 0.25) is 0 Å². The van der Waals surface area contributed by atoms with Crippen LogP contribution in [0.1, 0.15) is 41.9 Å². The van der Waals surface area contributed by atoms with Gasteiger partial charge in [0.2, 0.25) is 11.8 Å². The number of para-hydroxylation sites is 1. The molecule has 0 aliphatic heterocycles. The van der Waals surface area contributed by atoms with Gasteiger partial charge in [-0.3, -0.25) is 24.6 Å². The van der Waals surface area contributed by atoms with Gasteiger partial charge in [0.1, 0.15) is 17.8 Å². The van der Waals surface area contributed by atoms with Crippen molar-refractivity contribution in [3.8, 4) is 0 Å². The van der Waals surface area contributed by atoms with Crippen LogP contribution in [-0.2, 0) is 32.1 Å². The Morgan fingerprint density at radius 3 is 2.08 bits per heavy atom.